The summed E-state index contributed by atoms with van der Waals surface area (Å²) in [5, 5.41) is 0.428. The monoisotopic (exact) mass is 436 g/mol. The zero-order valence-electron chi connectivity index (χ0n) is 16.2. The third-order valence-corrected chi connectivity index (χ3v) is 6.01. The van der Waals surface area contributed by atoms with Crippen LogP contribution in [-0.2, 0) is 23.9 Å². The molecule has 29 heavy (non-hydrogen) atoms. The van der Waals surface area contributed by atoms with Gasteiger partial charge >= 0.3 is 11.9 Å². The van der Waals surface area contributed by atoms with Gasteiger partial charge in [0.05, 0.1) is 40.6 Å². The summed E-state index contributed by atoms with van der Waals surface area (Å²) in [6, 6.07) is 6.73. The molecule has 154 valence electrons. The maximum absolute atomic E-state index is 13.0. The highest BCUT2D eigenvalue weighted by Crippen LogP contribution is 2.49. The van der Waals surface area contributed by atoms with Gasteiger partial charge in [0.2, 0.25) is 5.91 Å². The molecule has 0 aromatic heterocycles. The largest absolute Gasteiger partial charge is 0.463 e. The topological polar surface area (TPSA) is 98.9 Å². The van der Waals surface area contributed by atoms with Crippen LogP contribution in [0, 0.1) is 0 Å². The van der Waals surface area contributed by atoms with E-state index < -0.39 is 23.1 Å². The second-order valence-electron chi connectivity index (χ2n) is 6.38. The Morgan fingerprint density at radius 2 is 1.66 bits per heavy atom. The van der Waals surface area contributed by atoms with Crippen LogP contribution >= 0.6 is 23.4 Å². The van der Waals surface area contributed by atoms with Crippen molar-refractivity contribution in [1.82, 2.24) is 4.90 Å². The van der Waals surface area contributed by atoms with Gasteiger partial charge in [-0.25, -0.2) is 9.59 Å². The molecule has 1 aromatic rings. The SMILES string of the molecule is CCOC(=O)C1=C(N)N2C(=O)[C@H](C)SC2=C(C(=O)OCC)[C@@H]1c1ccc(Cl)cc1. The Hall–Kier alpha value is -2.45. The lowest BCUT2D eigenvalue weighted by Crippen LogP contribution is -2.40. The molecule has 1 aromatic carbocycles. The maximum atomic E-state index is 13.0. The van der Waals surface area contributed by atoms with Crippen LogP contribution in [0.4, 0.5) is 0 Å². The first-order chi connectivity index (χ1) is 13.8. The van der Waals surface area contributed by atoms with E-state index >= 15 is 0 Å². The number of benzene rings is 1. The van der Waals surface area contributed by atoms with E-state index in [4.69, 9.17) is 26.8 Å². The zero-order valence-corrected chi connectivity index (χ0v) is 17.8. The summed E-state index contributed by atoms with van der Waals surface area (Å²) in [5.74, 6) is -2.49. The standard InChI is InChI=1S/C20H21ClN2O5S/c1-4-27-19(25)14-13(11-6-8-12(21)9-7-11)15(20(26)28-5-2)18-23(16(14)22)17(24)10(3)29-18/h6-10,13H,4-5,22H2,1-3H3/t10-,13+/m0/s1. The van der Waals surface area contributed by atoms with Crippen molar-refractivity contribution in [1.29, 1.82) is 0 Å². The summed E-state index contributed by atoms with van der Waals surface area (Å²) in [7, 11) is 0. The molecule has 9 heteroatoms. The van der Waals surface area contributed by atoms with E-state index in [1.807, 2.05) is 0 Å². The molecular weight excluding hydrogens is 416 g/mol. The average Bonchev–Trinajstić information content (AvgIpc) is 2.97. The Labute approximate surface area is 177 Å². The lowest BCUT2D eigenvalue weighted by molar-refractivity contribution is -0.139. The van der Waals surface area contributed by atoms with E-state index in [1.54, 1.807) is 45.0 Å². The summed E-state index contributed by atoms with van der Waals surface area (Å²) >= 11 is 7.23. The summed E-state index contributed by atoms with van der Waals surface area (Å²) in [6.45, 7) is 5.34. The summed E-state index contributed by atoms with van der Waals surface area (Å²) in [4.78, 5) is 39.8. The molecule has 0 bridgehead atoms. The fourth-order valence-corrected chi connectivity index (χ4v) is 4.62. The molecule has 7 nitrogen and oxygen atoms in total. The zero-order chi connectivity index (χ0) is 21.3. The van der Waals surface area contributed by atoms with Crippen LogP contribution in [0.3, 0.4) is 0 Å². The molecule has 2 heterocycles. The molecule has 1 saturated heterocycles. The number of rotatable bonds is 5. The smallest absolute Gasteiger partial charge is 0.338 e. The van der Waals surface area contributed by atoms with E-state index in [-0.39, 0.29) is 36.1 Å². The average molecular weight is 437 g/mol. The van der Waals surface area contributed by atoms with E-state index in [0.29, 0.717) is 15.6 Å². The number of halogens is 1. The quantitative estimate of drug-likeness (QED) is 0.708. The first kappa shape index (κ1) is 21.3. The van der Waals surface area contributed by atoms with Crippen LogP contribution in [0.25, 0.3) is 0 Å². The van der Waals surface area contributed by atoms with Gasteiger partial charge in [-0.2, -0.15) is 0 Å². The summed E-state index contributed by atoms with van der Waals surface area (Å²) < 4.78 is 10.5. The van der Waals surface area contributed by atoms with Gasteiger partial charge in [-0.05, 0) is 38.5 Å². The number of carbonyl (C=O) groups is 3. The number of amides is 1. The molecule has 1 fully saturated rings. The summed E-state index contributed by atoms with van der Waals surface area (Å²) in [5.41, 5.74) is 7.13. The first-order valence-corrected chi connectivity index (χ1v) is 10.4. The van der Waals surface area contributed by atoms with Crippen molar-refractivity contribution in [3.8, 4) is 0 Å². The highest BCUT2D eigenvalue weighted by molar-refractivity contribution is 8.04. The number of hydrogen-bond donors (Lipinski definition) is 1. The van der Waals surface area contributed by atoms with Gasteiger partial charge < -0.3 is 15.2 Å². The third kappa shape index (κ3) is 3.74. The van der Waals surface area contributed by atoms with E-state index in [2.05, 4.69) is 0 Å². The third-order valence-electron chi connectivity index (χ3n) is 4.58. The minimum Gasteiger partial charge on any atom is -0.463 e. The van der Waals surface area contributed by atoms with Gasteiger partial charge in [-0.15, -0.1) is 0 Å². The lowest BCUT2D eigenvalue weighted by atomic mass is 9.82. The fourth-order valence-electron chi connectivity index (χ4n) is 3.33. The van der Waals surface area contributed by atoms with Crippen LogP contribution in [-0.4, -0.2) is 41.2 Å². The molecule has 2 atom stereocenters. The van der Waals surface area contributed by atoms with E-state index in [0.717, 1.165) is 0 Å². The number of fused-ring (bicyclic) bond motifs is 1. The van der Waals surface area contributed by atoms with Gasteiger partial charge in [-0.3, -0.25) is 9.69 Å². The maximum Gasteiger partial charge on any atom is 0.338 e. The Balaban J connectivity index is 2.28. The number of esters is 2. The molecule has 2 aliphatic heterocycles. The Bertz CT molecular complexity index is 925. The van der Waals surface area contributed by atoms with Gasteiger partial charge in [0.15, 0.2) is 0 Å². The van der Waals surface area contributed by atoms with Crippen molar-refractivity contribution >= 4 is 41.2 Å². The van der Waals surface area contributed by atoms with E-state index in [9.17, 15) is 14.4 Å². The highest BCUT2D eigenvalue weighted by atomic mass is 35.5. The molecular formula is C20H21ClN2O5S. The minimum absolute atomic E-state index is 0.0315. The second-order valence-corrected chi connectivity index (χ2v) is 8.14. The van der Waals surface area contributed by atoms with Crippen molar-refractivity contribution in [3.05, 3.63) is 56.8 Å². The Morgan fingerprint density at radius 1 is 1.10 bits per heavy atom. The molecule has 0 saturated carbocycles. The van der Waals surface area contributed by atoms with Gasteiger partial charge in [-0.1, -0.05) is 35.5 Å². The molecule has 3 rings (SSSR count). The number of carbonyl (C=O) groups excluding carboxylic acids is 3. The second kappa shape index (κ2) is 8.51. The predicted octanol–water partition coefficient (Wildman–Crippen LogP) is 2.91. The van der Waals surface area contributed by atoms with E-state index in [1.165, 1.54) is 16.7 Å². The number of hydrogen-bond acceptors (Lipinski definition) is 7. The number of thioether (sulfide) groups is 1. The van der Waals surface area contributed by atoms with Crippen molar-refractivity contribution in [2.24, 2.45) is 5.73 Å². The van der Waals surface area contributed by atoms with Gasteiger partial charge in [0.25, 0.3) is 0 Å². The van der Waals surface area contributed by atoms with Crippen LogP contribution < -0.4 is 5.73 Å². The summed E-state index contributed by atoms with van der Waals surface area (Å²) in [6.07, 6.45) is 0. The normalized spacial score (nSPS) is 21.4. The van der Waals surface area contributed by atoms with Crippen LogP contribution in [0.1, 0.15) is 32.3 Å². The van der Waals surface area contributed by atoms with Crippen LogP contribution in [0.5, 0.6) is 0 Å². The Morgan fingerprint density at radius 3 is 2.21 bits per heavy atom. The molecule has 1 amide bonds. The number of ether oxygens (including phenoxy) is 2. The van der Waals surface area contributed by atoms with Crippen molar-refractivity contribution in [2.45, 2.75) is 31.9 Å². The molecule has 2 N–H and O–H groups in total. The van der Waals surface area contributed by atoms with Crippen molar-refractivity contribution < 1.29 is 23.9 Å². The minimum atomic E-state index is -0.845. The molecule has 0 unspecified atom stereocenters. The van der Waals surface area contributed by atoms with Crippen molar-refractivity contribution in [2.75, 3.05) is 13.2 Å². The number of nitrogens with zero attached hydrogens (tertiary/aromatic N) is 1. The molecule has 2 aliphatic rings. The number of nitrogens with two attached hydrogens (primary N) is 1. The van der Waals surface area contributed by atoms with Gasteiger partial charge in [0, 0.05) is 5.02 Å². The lowest BCUT2D eigenvalue weighted by Gasteiger charge is -2.33. The van der Waals surface area contributed by atoms with Crippen LogP contribution in [0.15, 0.2) is 46.3 Å². The molecule has 0 aliphatic carbocycles. The highest BCUT2D eigenvalue weighted by Gasteiger charge is 2.49. The molecule has 0 radical (unpaired) electrons. The predicted molar refractivity (Wildman–Crippen MR) is 110 cm³/mol. The first-order valence-electron chi connectivity index (χ1n) is 9.15. The van der Waals surface area contributed by atoms with Crippen LogP contribution in [0.2, 0.25) is 5.02 Å². The Kier molecular flexibility index (Phi) is 6.24. The fraction of sp³-hybridized carbons (Fsp3) is 0.350. The van der Waals surface area contributed by atoms with Crippen molar-refractivity contribution in [3.63, 3.8) is 0 Å². The molecule has 0 spiro atoms. The van der Waals surface area contributed by atoms with Gasteiger partial charge in [0.1, 0.15) is 5.82 Å².